The number of nitro benzene ring substituents is 1. The Morgan fingerprint density at radius 1 is 1.21 bits per heavy atom. The number of nitrogens with one attached hydrogen (secondary N) is 1. The summed E-state index contributed by atoms with van der Waals surface area (Å²) in [5.41, 5.74) is -0.699. The van der Waals surface area contributed by atoms with Crippen molar-refractivity contribution in [1.29, 1.82) is 0 Å². The summed E-state index contributed by atoms with van der Waals surface area (Å²) in [5.74, 6) is -0.0873. The van der Waals surface area contributed by atoms with Gasteiger partial charge in [-0.1, -0.05) is 44.2 Å². The zero-order chi connectivity index (χ0) is 27.9. The lowest BCUT2D eigenvalue weighted by atomic mass is 9.87. The molecule has 38 heavy (non-hydrogen) atoms. The molecular weight excluding hydrogens is 514 g/mol. The fourth-order valence-corrected chi connectivity index (χ4v) is 5.86. The maximum absolute atomic E-state index is 13.5. The van der Waals surface area contributed by atoms with Gasteiger partial charge >= 0.3 is 6.09 Å². The highest BCUT2D eigenvalue weighted by Crippen LogP contribution is 2.25. The Balaban J connectivity index is 1.87. The maximum Gasteiger partial charge on any atom is 0.408 e. The molecule has 0 aliphatic carbocycles. The van der Waals surface area contributed by atoms with Crippen LogP contribution in [0.25, 0.3) is 0 Å². The number of sulfonamides is 1. The van der Waals surface area contributed by atoms with E-state index in [-0.39, 0.29) is 36.0 Å². The number of alkyl carbamates (subject to hydrolysis) is 1. The van der Waals surface area contributed by atoms with Gasteiger partial charge in [-0.25, -0.2) is 13.2 Å². The lowest BCUT2D eigenvalue weighted by Gasteiger charge is -2.38. The number of ether oxygens (including phenoxy) is 2. The van der Waals surface area contributed by atoms with Crippen molar-refractivity contribution < 1.29 is 32.7 Å². The van der Waals surface area contributed by atoms with Crippen LogP contribution in [0.5, 0.6) is 0 Å². The number of hydrogen-bond donors (Lipinski definition) is 2. The Morgan fingerprint density at radius 3 is 2.42 bits per heavy atom. The highest BCUT2D eigenvalue weighted by molar-refractivity contribution is 7.89. The highest BCUT2D eigenvalue weighted by Gasteiger charge is 2.39. The van der Waals surface area contributed by atoms with Crippen molar-refractivity contribution in [3.05, 3.63) is 70.3 Å². The quantitative estimate of drug-likeness (QED) is 0.303. The predicted molar refractivity (Wildman–Crippen MR) is 140 cm³/mol. The van der Waals surface area contributed by atoms with Crippen molar-refractivity contribution in [3.8, 4) is 0 Å². The van der Waals surface area contributed by atoms with Gasteiger partial charge in [-0.3, -0.25) is 10.1 Å². The molecule has 1 heterocycles. The average Bonchev–Trinajstić information content (AvgIpc) is 3.36. The van der Waals surface area contributed by atoms with Gasteiger partial charge in [-0.2, -0.15) is 4.31 Å². The summed E-state index contributed by atoms with van der Waals surface area (Å²) < 4.78 is 38.9. The van der Waals surface area contributed by atoms with Gasteiger partial charge < -0.3 is 19.9 Å². The molecule has 2 aromatic carbocycles. The van der Waals surface area contributed by atoms with Gasteiger partial charge in [0.15, 0.2) is 0 Å². The minimum absolute atomic E-state index is 0.0850. The van der Waals surface area contributed by atoms with Gasteiger partial charge in [0.2, 0.25) is 10.0 Å². The fourth-order valence-electron chi connectivity index (χ4n) is 4.25. The summed E-state index contributed by atoms with van der Waals surface area (Å²) in [6.07, 6.45) is -1.68. The van der Waals surface area contributed by atoms with E-state index in [4.69, 9.17) is 9.47 Å². The normalized spacial score (nSPS) is 18.2. The minimum atomic E-state index is -4.12. The van der Waals surface area contributed by atoms with Crippen LogP contribution in [0.15, 0.2) is 59.5 Å². The van der Waals surface area contributed by atoms with Crippen molar-refractivity contribution in [2.75, 3.05) is 26.3 Å². The molecule has 0 spiro atoms. The molecule has 208 valence electrons. The molecule has 3 atom stereocenters. The lowest BCUT2D eigenvalue weighted by molar-refractivity contribution is -0.384. The largest absolute Gasteiger partial charge is 0.444 e. The number of nitrogens with zero attached hydrogens (tertiary/aromatic N) is 2. The lowest BCUT2D eigenvalue weighted by Crippen LogP contribution is -2.60. The fraction of sp³-hybridized carbons (Fsp3) is 0.500. The highest BCUT2D eigenvalue weighted by atomic mass is 32.2. The van der Waals surface area contributed by atoms with Crippen LogP contribution in [-0.2, 0) is 25.9 Å². The van der Waals surface area contributed by atoms with Crippen LogP contribution in [0.1, 0.15) is 32.8 Å². The molecule has 1 saturated heterocycles. The smallest absolute Gasteiger partial charge is 0.408 e. The third-order valence-electron chi connectivity index (χ3n) is 6.33. The number of nitro groups is 1. The zero-order valence-electron chi connectivity index (χ0n) is 21.8. The summed E-state index contributed by atoms with van der Waals surface area (Å²) in [4.78, 5) is 23.1. The third-order valence-corrected chi connectivity index (χ3v) is 8.18. The number of non-ortho nitro benzene ring substituents is 1. The van der Waals surface area contributed by atoms with E-state index in [0.717, 1.165) is 22.0 Å². The third kappa shape index (κ3) is 7.73. The molecule has 1 aliphatic rings. The number of benzene rings is 2. The van der Waals surface area contributed by atoms with E-state index in [1.807, 2.05) is 44.2 Å². The van der Waals surface area contributed by atoms with Crippen molar-refractivity contribution >= 4 is 21.8 Å². The second kappa shape index (κ2) is 12.7. The van der Waals surface area contributed by atoms with Crippen LogP contribution in [0.2, 0.25) is 0 Å². The Bertz CT molecular complexity index is 1180. The summed E-state index contributed by atoms with van der Waals surface area (Å²) in [7, 11) is -4.12. The summed E-state index contributed by atoms with van der Waals surface area (Å²) in [6.45, 7) is 5.87. The Kier molecular flexibility index (Phi) is 9.82. The number of rotatable bonds is 12. The van der Waals surface area contributed by atoms with E-state index in [1.165, 1.54) is 12.1 Å². The Hall–Kier alpha value is -3.06. The van der Waals surface area contributed by atoms with E-state index in [2.05, 4.69) is 5.32 Å². The van der Waals surface area contributed by atoms with Gasteiger partial charge in [0.1, 0.15) is 6.10 Å². The van der Waals surface area contributed by atoms with Crippen LogP contribution < -0.4 is 5.32 Å². The molecule has 2 N–H and O–H groups in total. The SMILES string of the molecule is CC(C)CN(C[C@@H](O)C(C)(Cc1ccccc1)NC(=O)O[C@H]1CCOC1)S(=O)(=O)c1ccc([N+](=O)[O-])cc1. The molecule has 12 heteroatoms. The van der Waals surface area contributed by atoms with Crippen LogP contribution in [0, 0.1) is 16.0 Å². The van der Waals surface area contributed by atoms with Gasteiger partial charge in [0, 0.05) is 31.6 Å². The summed E-state index contributed by atoms with van der Waals surface area (Å²) in [5, 5.41) is 25.2. The van der Waals surface area contributed by atoms with Gasteiger partial charge in [-0.05, 0) is 37.0 Å². The molecule has 1 aliphatic heterocycles. The van der Waals surface area contributed by atoms with Crippen molar-refractivity contribution in [2.24, 2.45) is 5.92 Å². The molecular formula is C26H35N3O8S. The van der Waals surface area contributed by atoms with Crippen LogP contribution >= 0.6 is 0 Å². The molecule has 1 amide bonds. The second-order valence-corrected chi connectivity index (χ2v) is 12.0. The molecule has 2 aromatic rings. The van der Waals surface area contributed by atoms with E-state index in [9.17, 15) is 28.4 Å². The number of carbonyl (C=O) groups excluding carboxylic acids is 1. The monoisotopic (exact) mass is 549 g/mol. The van der Waals surface area contributed by atoms with E-state index in [1.54, 1.807) is 6.92 Å². The zero-order valence-corrected chi connectivity index (χ0v) is 22.6. The van der Waals surface area contributed by atoms with Crippen molar-refractivity contribution in [2.45, 2.75) is 56.3 Å². The molecule has 0 radical (unpaired) electrons. The molecule has 1 unspecified atom stereocenters. The average molecular weight is 550 g/mol. The number of hydrogen-bond acceptors (Lipinski definition) is 8. The molecule has 1 fully saturated rings. The van der Waals surface area contributed by atoms with Crippen molar-refractivity contribution in [3.63, 3.8) is 0 Å². The van der Waals surface area contributed by atoms with Gasteiger partial charge in [-0.15, -0.1) is 0 Å². The first kappa shape index (κ1) is 29.5. The first-order valence-corrected chi connectivity index (χ1v) is 13.9. The number of aliphatic hydroxyl groups excluding tert-OH is 1. The van der Waals surface area contributed by atoms with Gasteiger partial charge in [0.25, 0.3) is 5.69 Å². The summed E-state index contributed by atoms with van der Waals surface area (Å²) in [6, 6.07) is 13.8. The molecule has 11 nitrogen and oxygen atoms in total. The minimum Gasteiger partial charge on any atom is -0.444 e. The molecule has 0 aromatic heterocycles. The van der Waals surface area contributed by atoms with E-state index < -0.39 is 38.8 Å². The van der Waals surface area contributed by atoms with Crippen molar-refractivity contribution in [1.82, 2.24) is 9.62 Å². The maximum atomic E-state index is 13.5. The van der Waals surface area contributed by atoms with Crippen LogP contribution in [-0.4, -0.2) is 72.9 Å². The topological polar surface area (TPSA) is 148 Å². The van der Waals surface area contributed by atoms with E-state index >= 15 is 0 Å². The number of carbonyl (C=O) groups is 1. The van der Waals surface area contributed by atoms with E-state index in [0.29, 0.717) is 19.6 Å². The standard InChI is InChI=1S/C26H35N3O8S/c1-19(2)16-28(38(34,35)23-11-9-21(10-12-23)29(32)33)17-24(30)26(3,15-20-7-5-4-6-8-20)27-25(31)37-22-13-14-36-18-22/h4-12,19,22,24,30H,13-18H2,1-3H3,(H,27,31)/t22-,24+,26?/m0/s1. The van der Waals surface area contributed by atoms with Crippen LogP contribution in [0.4, 0.5) is 10.5 Å². The first-order chi connectivity index (χ1) is 17.9. The van der Waals surface area contributed by atoms with Gasteiger partial charge in [0.05, 0.1) is 34.7 Å². The number of amides is 1. The summed E-state index contributed by atoms with van der Waals surface area (Å²) >= 11 is 0. The Morgan fingerprint density at radius 2 is 1.87 bits per heavy atom. The number of aliphatic hydroxyl groups is 1. The molecule has 0 saturated carbocycles. The molecule has 0 bridgehead atoms. The second-order valence-electron chi connectivity index (χ2n) is 10.1. The predicted octanol–water partition coefficient (Wildman–Crippen LogP) is 3.12. The first-order valence-electron chi connectivity index (χ1n) is 12.4. The molecule has 3 rings (SSSR count). The Labute approximate surface area is 222 Å². The van der Waals surface area contributed by atoms with Crippen LogP contribution in [0.3, 0.4) is 0 Å².